The van der Waals surface area contributed by atoms with Crippen LogP contribution in [-0.2, 0) is 0 Å². The van der Waals surface area contributed by atoms with E-state index in [4.69, 9.17) is 5.84 Å². The van der Waals surface area contributed by atoms with Crippen molar-refractivity contribution in [2.24, 2.45) is 0 Å². The molecule has 11 heavy (non-hydrogen) atoms. The van der Waals surface area contributed by atoms with Crippen LogP contribution in [0.3, 0.4) is 0 Å². The summed E-state index contributed by atoms with van der Waals surface area (Å²) in [5.74, 6) is 5.44. The number of nitrogens with two attached hydrogens (primary N) is 1. The zero-order chi connectivity index (χ0) is 7.84. The summed E-state index contributed by atoms with van der Waals surface area (Å²) in [7, 11) is 0. The number of aromatic nitrogens is 1. The number of rotatable bonds is 0. The van der Waals surface area contributed by atoms with Gasteiger partial charge in [-0.15, -0.1) is 0 Å². The molecular formula is C7H6N2OSe. The Hall–Kier alpha value is -0.991. The SMILES string of the molecule is Nn1[se]c2ccccc2c1=O. The molecule has 0 fully saturated rings. The summed E-state index contributed by atoms with van der Waals surface area (Å²) in [5.41, 5.74) is -0.0550. The van der Waals surface area contributed by atoms with Crippen LogP contribution in [0.25, 0.3) is 9.65 Å². The predicted molar refractivity (Wildman–Crippen MR) is 45.3 cm³/mol. The minimum absolute atomic E-state index is 0.00627. The first-order valence-electron chi connectivity index (χ1n) is 3.15. The van der Waals surface area contributed by atoms with E-state index in [2.05, 4.69) is 0 Å². The van der Waals surface area contributed by atoms with Crippen LogP contribution in [0.2, 0.25) is 0 Å². The number of hydrogen-bond acceptors (Lipinski definition) is 2. The Labute approximate surface area is 69.0 Å². The van der Waals surface area contributed by atoms with Gasteiger partial charge in [0.1, 0.15) is 0 Å². The van der Waals surface area contributed by atoms with Gasteiger partial charge < -0.3 is 0 Å². The van der Waals surface area contributed by atoms with Crippen molar-refractivity contribution in [3.63, 3.8) is 0 Å². The van der Waals surface area contributed by atoms with Crippen molar-refractivity contribution in [2.75, 3.05) is 5.84 Å². The van der Waals surface area contributed by atoms with Crippen molar-refractivity contribution in [2.45, 2.75) is 0 Å². The summed E-state index contributed by atoms with van der Waals surface area (Å²) in [4.78, 5) is 11.2. The number of benzene rings is 1. The van der Waals surface area contributed by atoms with E-state index >= 15 is 0 Å². The van der Waals surface area contributed by atoms with Crippen LogP contribution in [0.4, 0.5) is 0 Å². The molecule has 1 aromatic carbocycles. The Bertz CT molecular complexity index is 443. The molecule has 0 amide bonds. The van der Waals surface area contributed by atoms with Gasteiger partial charge in [-0.3, -0.25) is 0 Å². The van der Waals surface area contributed by atoms with E-state index in [1.807, 2.05) is 24.3 Å². The van der Waals surface area contributed by atoms with E-state index in [1.165, 1.54) is 3.67 Å². The van der Waals surface area contributed by atoms with Gasteiger partial charge in [0.25, 0.3) is 0 Å². The van der Waals surface area contributed by atoms with Gasteiger partial charge in [-0.2, -0.15) is 0 Å². The summed E-state index contributed by atoms with van der Waals surface area (Å²) in [6.07, 6.45) is 0. The molecule has 0 aliphatic rings. The molecule has 0 atom stereocenters. The number of nitrogens with zero attached hydrogens (tertiary/aromatic N) is 1. The van der Waals surface area contributed by atoms with Crippen molar-refractivity contribution >= 4 is 24.4 Å². The summed E-state index contributed by atoms with van der Waals surface area (Å²) in [6, 6.07) is 7.53. The van der Waals surface area contributed by atoms with Crippen molar-refractivity contribution in [3.05, 3.63) is 34.6 Å². The first-order chi connectivity index (χ1) is 5.29. The van der Waals surface area contributed by atoms with Crippen LogP contribution in [0.15, 0.2) is 29.1 Å². The molecule has 2 N–H and O–H groups in total. The van der Waals surface area contributed by atoms with E-state index < -0.39 is 0 Å². The summed E-state index contributed by atoms with van der Waals surface area (Å²) < 4.78 is 2.37. The third-order valence-corrected chi connectivity index (χ3v) is 3.43. The van der Waals surface area contributed by atoms with E-state index in [9.17, 15) is 4.79 Å². The minimum atomic E-state index is -0.0550. The van der Waals surface area contributed by atoms with Crippen molar-refractivity contribution in [1.29, 1.82) is 0 Å². The summed E-state index contributed by atoms with van der Waals surface area (Å²) in [6.45, 7) is 0. The van der Waals surface area contributed by atoms with E-state index in [0.29, 0.717) is 0 Å². The molecule has 0 spiro atoms. The molecular weight excluding hydrogens is 207 g/mol. The van der Waals surface area contributed by atoms with Gasteiger partial charge in [-0.05, 0) is 0 Å². The molecule has 0 saturated carbocycles. The molecule has 3 nitrogen and oxygen atoms in total. The normalized spacial score (nSPS) is 10.5. The van der Waals surface area contributed by atoms with Crippen LogP contribution in [0.5, 0.6) is 0 Å². The summed E-state index contributed by atoms with van der Waals surface area (Å²) >= 11 is -0.00627. The molecule has 0 radical (unpaired) electrons. The maximum absolute atomic E-state index is 11.2. The molecule has 1 heterocycles. The second-order valence-corrected chi connectivity index (χ2v) is 4.35. The fourth-order valence-electron chi connectivity index (χ4n) is 0.989. The summed E-state index contributed by atoms with van der Waals surface area (Å²) in [5, 5.41) is 0.759. The topological polar surface area (TPSA) is 48.0 Å². The second kappa shape index (κ2) is 2.26. The fraction of sp³-hybridized carbons (Fsp3) is 0. The average Bonchev–Trinajstić information content (AvgIpc) is 2.30. The fourth-order valence-corrected chi connectivity index (χ4v) is 2.64. The van der Waals surface area contributed by atoms with E-state index in [-0.39, 0.29) is 20.3 Å². The number of hydrogen-bond donors (Lipinski definition) is 1. The molecule has 0 aliphatic carbocycles. The molecule has 56 valence electrons. The maximum atomic E-state index is 11.2. The quantitative estimate of drug-likeness (QED) is 0.485. The van der Waals surface area contributed by atoms with Crippen LogP contribution in [-0.4, -0.2) is 18.4 Å². The predicted octanol–water partition coefficient (Wildman–Crippen LogP) is -0.228. The molecule has 2 rings (SSSR count). The van der Waals surface area contributed by atoms with Crippen molar-refractivity contribution in [3.8, 4) is 0 Å². The monoisotopic (exact) mass is 214 g/mol. The van der Waals surface area contributed by atoms with Crippen LogP contribution >= 0.6 is 0 Å². The molecule has 0 saturated heterocycles. The molecule has 2 aromatic rings. The first-order valence-corrected chi connectivity index (χ1v) is 4.77. The van der Waals surface area contributed by atoms with Crippen LogP contribution in [0.1, 0.15) is 0 Å². The number of fused-ring (bicyclic) bond motifs is 1. The average molecular weight is 213 g/mol. The van der Waals surface area contributed by atoms with Gasteiger partial charge in [0, 0.05) is 0 Å². The third-order valence-electron chi connectivity index (χ3n) is 1.51. The molecule has 0 bridgehead atoms. The van der Waals surface area contributed by atoms with Crippen LogP contribution in [0, 0.1) is 0 Å². The first kappa shape index (κ1) is 6.70. The Morgan fingerprint density at radius 2 is 2.09 bits per heavy atom. The zero-order valence-electron chi connectivity index (χ0n) is 5.65. The van der Waals surface area contributed by atoms with E-state index in [1.54, 1.807) is 0 Å². The van der Waals surface area contributed by atoms with Crippen LogP contribution < -0.4 is 11.4 Å². The third kappa shape index (κ3) is 0.914. The van der Waals surface area contributed by atoms with Gasteiger partial charge in [0.05, 0.1) is 0 Å². The van der Waals surface area contributed by atoms with Gasteiger partial charge in [0.2, 0.25) is 0 Å². The zero-order valence-corrected chi connectivity index (χ0v) is 7.36. The molecule has 1 aromatic heterocycles. The van der Waals surface area contributed by atoms with E-state index in [0.717, 1.165) is 9.65 Å². The van der Waals surface area contributed by atoms with Crippen molar-refractivity contribution < 1.29 is 0 Å². The Kier molecular flexibility index (Phi) is 1.37. The van der Waals surface area contributed by atoms with Gasteiger partial charge in [-0.25, -0.2) is 0 Å². The Morgan fingerprint density at radius 3 is 2.82 bits per heavy atom. The van der Waals surface area contributed by atoms with Gasteiger partial charge in [-0.1, -0.05) is 0 Å². The molecule has 0 aliphatic heterocycles. The Morgan fingerprint density at radius 1 is 1.36 bits per heavy atom. The van der Waals surface area contributed by atoms with Crippen molar-refractivity contribution in [1.82, 2.24) is 3.67 Å². The molecule has 0 unspecified atom stereocenters. The Balaban J connectivity index is 3.04. The second-order valence-electron chi connectivity index (χ2n) is 2.22. The van der Waals surface area contributed by atoms with Gasteiger partial charge in [0.15, 0.2) is 0 Å². The number of nitrogen functional groups attached to an aromatic ring is 1. The molecule has 4 heteroatoms. The van der Waals surface area contributed by atoms with Gasteiger partial charge >= 0.3 is 68.5 Å². The standard InChI is InChI=1S/C7H6N2OSe/c8-9-7(10)5-3-1-2-4-6(5)11-9/h1-4H,8H2.